The maximum atomic E-state index is 13.3. The monoisotopic (exact) mass is 298 g/mol. The van der Waals surface area contributed by atoms with Crippen LogP contribution >= 0.6 is 11.6 Å². The van der Waals surface area contributed by atoms with Crippen LogP contribution in [0, 0.1) is 12.7 Å². The van der Waals surface area contributed by atoms with Crippen molar-refractivity contribution in [1.82, 2.24) is 10.5 Å². The van der Waals surface area contributed by atoms with Crippen LogP contribution in [0.2, 0.25) is 5.02 Å². The number of benzene rings is 1. The van der Waals surface area contributed by atoms with Crippen LogP contribution in [0.5, 0.6) is 0 Å². The Morgan fingerprint density at radius 2 is 2.30 bits per heavy atom. The maximum absolute atomic E-state index is 13.3. The molecule has 1 atom stereocenters. The minimum atomic E-state index is -1.05. The van der Waals surface area contributed by atoms with Gasteiger partial charge in [-0.3, -0.25) is 4.79 Å². The van der Waals surface area contributed by atoms with Crippen molar-refractivity contribution in [2.75, 3.05) is 6.54 Å². The summed E-state index contributed by atoms with van der Waals surface area (Å²) in [6.07, 6.45) is -1.05. The standard InChI is InChI=1S/C13H12ClFN2O3/c1-7-4-12(20-17-7)13(19)16-6-11(18)8-2-3-9(14)10(15)5-8/h2-5,11,18H,6H2,1H3,(H,16,19). The second-order valence-corrected chi connectivity index (χ2v) is 4.64. The highest BCUT2D eigenvalue weighted by molar-refractivity contribution is 6.30. The van der Waals surface area contributed by atoms with E-state index in [9.17, 15) is 14.3 Å². The van der Waals surface area contributed by atoms with Gasteiger partial charge >= 0.3 is 0 Å². The van der Waals surface area contributed by atoms with E-state index in [2.05, 4.69) is 10.5 Å². The van der Waals surface area contributed by atoms with Crippen LogP contribution < -0.4 is 5.32 Å². The molecule has 2 N–H and O–H groups in total. The van der Waals surface area contributed by atoms with Gasteiger partial charge in [-0.15, -0.1) is 0 Å². The van der Waals surface area contributed by atoms with Crippen LogP contribution in [0.15, 0.2) is 28.8 Å². The Bertz CT molecular complexity index is 630. The van der Waals surface area contributed by atoms with Crippen molar-refractivity contribution in [3.05, 3.63) is 52.1 Å². The Balaban J connectivity index is 1.96. The molecule has 0 fully saturated rings. The largest absolute Gasteiger partial charge is 0.387 e. The second-order valence-electron chi connectivity index (χ2n) is 4.23. The van der Waals surface area contributed by atoms with Crippen LogP contribution in [0.3, 0.4) is 0 Å². The van der Waals surface area contributed by atoms with E-state index < -0.39 is 17.8 Å². The lowest BCUT2D eigenvalue weighted by Crippen LogP contribution is -2.28. The Morgan fingerprint density at radius 1 is 1.55 bits per heavy atom. The fourth-order valence-electron chi connectivity index (χ4n) is 1.58. The van der Waals surface area contributed by atoms with Crippen LogP contribution in [0.25, 0.3) is 0 Å². The number of aryl methyl sites for hydroxylation is 1. The lowest BCUT2D eigenvalue weighted by molar-refractivity contribution is 0.0880. The molecule has 1 heterocycles. The molecule has 1 aromatic carbocycles. The Labute approximate surface area is 119 Å². The van der Waals surface area contributed by atoms with Crippen LogP contribution in [0.1, 0.15) is 27.9 Å². The lowest BCUT2D eigenvalue weighted by Gasteiger charge is -2.11. The van der Waals surface area contributed by atoms with Crippen molar-refractivity contribution in [3.8, 4) is 0 Å². The number of rotatable bonds is 4. The summed E-state index contributed by atoms with van der Waals surface area (Å²) in [6.45, 7) is 1.60. The quantitative estimate of drug-likeness (QED) is 0.907. The average Bonchev–Trinajstić information content (AvgIpc) is 2.85. The predicted octanol–water partition coefficient (Wildman–Crippen LogP) is 2.24. The molecule has 0 aliphatic rings. The van der Waals surface area contributed by atoms with Crippen LogP contribution in [-0.4, -0.2) is 22.7 Å². The van der Waals surface area contributed by atoms with Gasteiger partial charge in [0.15, 0.2) is 0 Å². The lowest BCUT2D eigenvalue weighted by atomic mass is 10.1. The zero-order valence-corrected chi connectivity index (χ0v) is 11.3. The van der Waals surface area contributed by atoms with E-state index in [-0.39, 0.29) is 17.3 Å². The van der Waals surface area contributed by atoms with Gasteiger partial charge in [-0.2, -0.15) is 0 Å². The topological polar surface area (TPSA) is 75.4 Å². The molecule has 0 aliphatic heterocycles. The van der Waals surface area contributed by atoms with Gasteiger partial charge < -0.3 is 14.9 Å². The van der Waals surface area contributed by atoms with Gasteiger partial charge in [0.05, 0.1) is 16.8 Å². The molecule has 5 nitrogen and oxygen atoms in total. The SMILES string of the molecule is Cc1cc(C(=O)NCC(O)c2ccc(Cl)c(F)c2)on1. The van der Waals surface area contributed by atoms with Crippen molar-refractivity contribution in [2.45, 2.75) is 13.0 Å². The molecular weight excluding hydrogens is 287 g/mol. The summed E-state index contributed by atoms with van der Waals surface area (Å²) in [7, 11) is 0. The third-order valence-electron chi connectivity index (χ3n) is 2.64. The van der Waals surface area contributed by atoms with Crippen LogP contribution in [-0.2, 0) is 0 Å². The first-order valence-corrected chi connectivity index (χ1v) is 6.19. The van der Waals surface area contributed by atoms with E-state index in [1.165, 1.54) is 18.2 Å². The first-order valence-electron chi connectivity index (χ1n) is 5.82. The number of carbonyl (C=O) groups excluding carboxylic acids is 1. The van der Waals surface area contributed by atoms with E-state index in [1.807, 2.05) is 0 Å². The highest BCUT2D eigenvalue weighted by atomic mass is 35.5. The number of hydrogen-bond donors (Lipinski definition) is 2. The summed E-state index contributed by atoms with van der Waals surface area (Å²) in [5.41, 5.74) is 0.899. The van der Waals surface area contributed by atoms with E-state index in [1.54, 1.807) is 6.92 Å². The number of halogens is 2. The molecule has 1 unspecified atom stereocenters. The minimum absolute atomic E-state index is 0.0258. The van der Waals surface area contributed by atoms with Crippen molar-refractivity contribution >= 4 is 17.5 Å². The highest BCUT2D eigenvalue weighted by Gasteiger charge is 2.15. The Kier molecular flexibility index (Phi) is 4.36. The summed E-state index contributed by atoms with van der Waals surface area (Å²) in [6, 6.07) is 5.43. The average molecular weight is 299 g/mol. The number of amides is 1. The van der Waals surface area contributed by atoms with Gasteiger partial charge in [0, 0.05) is 12.6 Å². The molecule has 0 saturated heterocycles. The summed E-state index contributed by atoms with van der Waals surface area (Å²) in [5, 5.41) is 15.9. The molecule has 1 aromatic heterocycles. The zero-order valence-electron chi connectivity index (χ0n) is 10.6. The molecule has 106 valence electrons. The molecule has 0 saturated carbocycles. The minimum Gasteiger partial charge on any atom is -0.387 e. The van der Waals surface area contributed by atoms with E-state index in [0.717, 1.165) is 6.07 Å². The maximum Gasteiger partial charge on any atom is 0.290 e. The van der Waals surface area contributed by atoms with Gasteiger partial charge in [-0.1, -0.05) is 22.8 Å². The highest BCUT2D eigenvalue weighted by Crippen LogP contribution is 2.20. The van der Waals surface area contributed by atoms with E-state index >= 15 is 0 Å². The molecule has 1 amide bonds. The van der Waals surface area contributed by atoms with Gasteiger partial charge in [-0.25, -0.2) is 4.39 Å². The van der Waals surface area contributed by atoms with Gasteiger partial charge in [-0.05, 0) is 24.6 Å². The first kappa shape index (κ1) is 14.5. The summed E-state index contributed by atoms with van der Waals surface area (Å²) >= 11 is 5.55. The molecular formula is C13H12ClFN2O3. The summed E-state index contributed by atoms with van der Waals surface area (Å²) in [5.74, 6) is -1.07. The summed E-state index contributed by atoms with van der Waals surface area (Å²) in [4.78, 5) is 11.7. The number of hydrogen-bond acceptors (Lipinski definition) is 4. The number of carbonyl (C=O) groups is 1. The van der Waals surface area contributed by atoms with Crippen molar-refractivity contribution in [3.63, 3.8) is 0 Å². The number of aliphatic hydroxyl groups excluding tert-OH is 1. The number of nitrogens with one attached hydrogen (secondary N) is 1. The van der Waals surface area contributed by atoms with Crippen LogP contribution in [0.4, 0.5) is 4.39 Å². The van der Waals surface area contributed by atoms with Crippen molar-refractivity contribution in [1.29, 1.82) is 0 Å². The third kappa shape index (κ3) is 3.34. The normalized spacial score (nSPS) is 12.2. The van der Waals surface area contributed by atoms with Gasteiger partial charge in [0.25, 0.3) is 5.91 Å². The number of aliphatic hydroxyl groups is 1. The fourth-order valence-corrected chi connectivity index (χ4v) is 1.70. The molecule has 2 rings (SSSR count). The number of nitrogens with zero attached hydrogens (tertiary/aromatic N) is 1. The summed E-state index contributed by atoms with van der Waals surface area (Å²) < 4.78 is 18.0. The smallest absolute Gasteiger partial charge is 0.290 e. The Hall–Kier alpha value is -1.92. The molecule has 0 bridgehead atoms. The molecule has 20 heavy (non-hydrogen) atoms. The van der Waals surface area contributed by atoms with Crippen molar-refractivity contribution in [2.24, 2.45) is 0 Å². The molecule has 7 heteroatoms. The molecule has 0 radical (unpaired) electrons. The van der Waals surface area contributed by atoms with Crippen molar-refractivity contribution < 1.29 is 18.8 Å². The predicted molar refractivity (Wildman–Crippen MR) is 69.9 cm³/mol. The molecule has 0 spiro atoms. The number of aromatic nitrogens is 1. The van der Waals surface area contributed by atoms with E-state index in [0.29, 0.717) is 11.3 Å². The zero-order chi connectivity index (χ0) is 14.7. The molecule has 0 aliphatic carbocycles. The molecule has 2 aromatic rings. The third-order valence-corrected chi connectivity index (χ3v) is 2.94. The first-order chi connectivity index (χ1) is 9.47. The van der Waals surface area contributed by atoms with E-state index in [4.69, 9.17) is 16.1 Å². The van der Waals surface area contributed by atoms with Gasteiger partial charge in [0.2, 0.25) is 5.76 Å². The Morgan fingerprint density at radius 3 is 2.90 bits per heavy atom. The fraction of sp³-hybridized carbons (Fsp3) is 0.231. The second kappa shape index (κ2) is 6.02. The van der Waals surface area contributed by atoms with Gasteiger partial charge in [0.1, 0.15) is 5.82 Å².